The molecule has 1 amide bonds. The van der Waals surface area contributed by atoms with Gasteiger partial charge in [0.15, 0.2) is 6.10 Å². The summed E-state index contributed by atoms with van der Waals surface area (Å²) in [6.07, 6.45) is -0.150. The van der Waals surface area contributed by atoms with E-state index in [0.717, 1.165) is 0 Å². The molecule has 1 N–H and O–H groups in total. The molecular formula is C16H15ClFNO2. The number of hydrogen-bond donors (Lipinski definition) is 1. The van der Waals surface area contributed by atoms with E-state index in [1.54, 1.807) is 24.3 Å². The van der Waals surface area contributed by atoms with Crippen molar-refractivity contribution in [1.29, 1.82) is 0 Å². The molecule has 3 nitrogen and oxygen atoms in total. The van der Waals surface area contributed by atoms with Gasteiger partial charge in [0.2, 0.25) is 0 Å². The molecule has 2 aromatic rings. The van der Waals surface area contributed by atoms with Gasteiger partial charge in [0.05, 0.1) is 0 Å². The zero-order chi connectivity index (χ0) is 15.2. The first-order chi connectivity index (χ1) is 10.1. The summed E-state index contributed by atoms with van der Waals surface area (Å²) in [6.45, 7) is 1.84. The monoisotopic (exact) mass is 307 g/mol. The molecule has 2 aromatic carbocycles. The van der Waals surface area contributed by atoms with Gasteiger partial charge in [-0.25, -0.2) is 4.39 Å². The first-order valence-electron chi connectivity index (χ1n) is 6.57. The first kappa shape index (κ1) is 15.3. The van der Waals surface area contributed by atoms with Crippen LogP contribution in [0.5, 0.6) is 5.75 Å². The van der Waals surface area contributed by atoms with E-state index in [0.29, 0.717) is 22.9 Å². The Hall–Kier alpha value is -2.07. The SMILES string of the molecule is CC[C@@H](Oc1ccc(F)cc1)C(=O)Nc1ccc(Cl)cc1. The van der Waals surface area contributed by atoms with Crippen LogP contribution >= 0.6 is 11.6 Å². The molecule has 0 aliphatic rings. The number of carbonyl (C=O) groups is 1. The predicted molar refractivity (Wildman–Crippen MR) is 81.2 cm³/mol. The Morgan fingerprint density at radius 2 is 1.81 bits per heavy atom. The van der Waals surface area contributed by atoms with E-state index in [1.807, 2.05) is 6.92 Å². The predicted octanol–water partition coefficient (Wildman–Crippen LogP) is 4.28. The van der Waals surface area contributed by atoms with Gasteiger partial charge < -0.3 is 10.1 Å². The molecule has 0 saturated carbocycles. The number of benzene rings is 2. The summed E-state index contributed by atoms with van der Waals surface area (Å²) in [7, 11) is 0. The average Bonchev–Trinajstić information content (AvgIpc) is 2.49. The van der Waals surface area contributed by atoms with Crippen LogP contribution in [0, 0.1) is 5.82 Å². The quantitative estimate of drug-likeness (QED) is 0.895. The molecule has 0 aliphatic carbocycles. The maximum atomic E-state index is 12.8. The van der Waals surface area contributed by atoms with E-state index in [1.165, 1.54) is 24.3 Å². The van der Waals surface area contributed by atoms with Crippen molar-refractivity contribution >= 4 is 23.2 Å². The highest BCUT2D eigenvalue weighted by Gasteiger charge is 2.18. The van der Waals surface area contributed by atoms with Crippen LogP contribution in [0.15, 0.2) is 48.5 Å². The molecule has 2 rings (SSSR count). The second-order valence-corrected chi connectivity index (χ2v) is 4.90. The average molecular weight is 308 g/mol. The third-order valence-electron chi connectivity index (χ3n) is 2.87. The number of nitrogens with one attached hydrogen (secondary N) is 1. The lowest BCUT2D eigenvalue weighted by atomic mass is 10.2. The molecule has 0 aliphatic heterocycles. The fourth-order valence-corrected chi connectivity index (χ4v) is 1.88. The van der Waals surface area contributed by atoms with Crippen molar-refractivity contribution in [3.05, 3.63) is 59.4 Å². The molecule has 1 atom stereocenters. The van der Waals surface area contributed by atoms with Crippen molar-refractivity contribution in [3.8, 4) is 5.75 Å². The van der Waals surface area contributed by atoms with Gasteiger partial charge in [0, 0.05) is 10.7 Å². The second-order valence-electron chi connectivity index (χ2n) is 4.46. The van der Waals surface area contributed by atoms with Crippen LogP contribution in [-0.4, -0.2) is 12.0 Å². The van der Waals surface area contributed by atoms with Crippen molar-refractivity contribution in [3.63, 3.8) is 0 Å². The lowest BCUT2D eigenvalue weighted by Gasteiger charge is -2.17. The molecule has 0 aromatic heterocycles. The van der Waals surface area contributed by atoms with E-state index in [-0.39, 0.29) is 11.7 Å². The van der Waals surface area contributed by atoms with Crippen LogP contribution in [0.1, 0.15) is 13.3 Å². The van der Waals surface area contributed by atoms with E-state index in [9.17, 15) is 9.18 Å². The van der Waals surface area contributed by atoms with Gasteiger partial charge in [-0.1, -0.05) is 18.5 Å². The van der Waals surface area contributed by atoms with Crippen LogP contribution in [0.3, 0.4) is 0 Å². The highest BCUT2D eigenvalue weighted by molar-refractivity contribution is 6.30. The smallest absolute Gasteiger partial charge is 0.265 e. The van der Waals surface area contributed by atoms with Gasteiger partial charge in [0.25, 0.3) is 5.91 Å². The van der Waals surface area contributed by atoms with Gasteiger partial charge in [-0.2, -0.15) is 0 Å². The number of amides is 1. The van der Waals surface area contributed by atoms with Gasteiger partial charge in [-0.15, -0.1) is 0 Å². The number of hydrogen-bond acceptors (Lipinski definition) is 2. The fourth-order valence-electron chi connectivity index (χ4n) is 1.76. The van der Waals surface area contributed by atoms with Crippen molar-refractivity contribution in [2.24, 2.45) is 0 Å². The third kappa shape index (κ3) is 4.46. The number of anilines is 1. The maximum Gasteiger partial charge on any atom is 0.265 e. The molecule has 110 valence electrons. The van der Waals surface area contributed by atoms with Crippen LogP contribution in [0.2, 0.25) is 5.02 Å². The summed E-state index contributed by atoms with van der Waals surface area (Å²) < 4.78 is 18.4. The Morgan fingerprint density at radius 1 is 1.19 bits per heavy atom. The molecule has 0 bridgehead atoms. The normalized spacial score (nSPS) is 11.8. The Morgan fingerprint density at radius 3 is 2.38 bits per heavy atom. The Kier molecular flexibility index (Phi) is 5.17. The molecular weight excluding hydrogens is 293 g/mol. The molecule has 5 heteroatoms. The molecule has 21 heavy (non-hydrogen) atoms. The topological polar surface area (TPSA) is 38.3 Å². The minimum absolute atomic E-state index is 0.260. The van der Waals surface area contributed by atoms with Gasteiger partial charge in [-0.3, -0.25) is 4.79 Å². The summed E-state index contributed by atoms with van der Waals surface area (Å²) >= 11 is 5.79. The Labute approximate surface area is 127 Å². The van der Waals surface area contributed by atoms with Crippen LogP contribution in [0.4, 0.5) is 10.1 Å². The van der Waals surface area contributed by atoms with Crippen molar-refractivity contribution in [2.75, 3.05) is 5.32 Å². The number of ether oxygens (including phenoxy) is 1. The Balaban J connectivity index is 2.01. The van der Waals surface area contributed by atoms with Crippen molar-refractivity contribution in [1.82, 2.24) is 0 Å². The number of halogens is 2. The molecule has 0 unspecified atom stereocenters. The Bertz CT molecular complexity index is 599. The van der Waals surface area contributed by atoms with E-state index < -0.39 is 6.10 Å². The van der Waals surface area contributed by atoms with Crippen molar-refractivity contribution < 1.29 is 13.9 Å². The summed E-state index contributed by atoms with van der Waals surface area (Å²) in [5.74, 6) is -0.153. The van der Waals surface area contributed by atoms with Gasteiger partial charge in [0.1, 0.15) is 11.6 Å². The number of carbonyl (C=O) groups excluding carboxylic acids is 1. The minimum atomic E-state index is -0.647. The molecule has 0 radical (unpaired) electrons. The lowest BCUT2D eigenvalue weighted by Crippen LogP contribution is -2.32. The first-order valence-corrected chi connectivity index (χ1v) is 6.95. The third-order valence-corrected chi connectivity index (χ3v) is 3.12. The molecule has 0 heterocycles. The van der Waals surface area contributed by atoms with E-state index in [4.69, 9.17) is 16.3 Å². The zero-order valence-electron chi connectivity index (χ0n) is 11.5. The van der Waals surface area contributed by atoms with E-state index in [2.05, 4.69) is 5.32 Å². The zero-order valence-corrected chi connectivity index (χ0v) is 12.2. The molecule has 0 fully saturated rings. The van der Waals surface area contributed by atoms with Crippen LogP contribution in [0.25, 0.3) is 0 Å². The fraction of sp³-hybridized carbons (Fsp3) is 0.188. The second kappa shape index (κ2) is 7.09. The minimum Gasteiger partial charge on any atom is -0.481 e. The van der Waals surface area contributed by atoms with Gasteiger partial charge >= 0.3 is 0 Å². The van der Waals surface area contributed by atoms with E-state index >= 15 is 0 Å². The maximum absolute atomic E-state index is 12.8. The summed E-state index contributed by atoms with van der Waals surface area (Å²) in [5, 5.41) is 3.35. The highest BCUT2D eigenvalue weighted by Crippen LogP contribution is 2.17. The standard InChI is InChI=1S/C16H15ClFNO2/c1-2-15(21-14-9-5-12(18)6-10-14)16(20)19-13-7-3-11(17)4-8-13/h3-10,15H,2H2,1H3,(H,19,20)/t15-/m1/s1. The van der Waals surface area contributed by atoms with Crippen LogP contribution in [-0.2, 0) is 4.79 Å². The summed E-state index contributed by atoms with van der Waals surface area (Å²) in [6, 6.07) is 12.4. The lowest BCUT2D eigenvalue weighted by molar-refractivity contribution is -0.122. The van der Waals surface area contributed by atoms with Crippen LogP contribution < -0.4 is 10.1 Å². The van der Waals surface area contributed by atoms with Crippen molar-refractivity contribution in [2.45, 2.75) is 19.4 Å². The molecule has 0 spiro atoms. The number of rotatable bonds is 5. The van der Waals surface area contributed by atoms with Gasteiger partial charge in [-0.05, 0) is 55.0 Å². The molecule has 0 saturated heterocycles. The highest BCUT2D eigenvalue weighted by atomic mass is 35.5. The summed E-state index contributed by atoms with van der Waals surface area (Å²) in [5.41, 5.74) is 0.644. The largest absolute Gasteiger partial charge is 0.481 e. The summed E-state index contributed by atoms with van der Waals surface area (Å²) in [4.78, 5) is 12.2.